The lowest BCUT2D eigenvalue weighted by Gasteiger charge is -2.18. The largest absolute Gasteiger partial charge is 0.462 e. The van der Waals surface area contributed by atoms with Crippen LogP contribution in [-0.2, 0) is 28.6 Å². The molecule has 0 aromatic rings. The van der Waals surface area contributed by atoms with Gasteiger partial charge in [-0.1, -0.05) is 201 Å². The van der Waals surface area contributed by atoms with E-state index in [0.717, 1.165) is 135 Å². The van der Waals surface area contributed by atoms with Gasteiger partial charge in [0.2, 0.25) is 0 Å². The molecule has 0 aliphatic heterocycles. The van der Waals surface area contributed by atoms with Crippen LogP contribution in [0, 0.1) is 0 Å². The SMILES string of the molecule is CC/C=C/C/C=C/C/C=C/CCCCCCCC(=O)O[C@@H](COC(=O)CCCCC/C=C/C/C=C/C/C=C/C/C=C/CCCCC)COC(=O)CCCCCCC/C=C/CCCCCCC. The number of carbonyl (C=O) groups excluding carboxylic acids is 3. The molecule has 0 aromatic heterocycles. The Labute approximate surface area is 407 Å². The van der Waals surface area contributed by atoms with E-state index < -0.39 is 6.10 Å². The third kappa shape index (κ3) is 51.3. The van der Waals surface area contributed by atoms with Crippen molar-refractivity contribution >= 4 is 17.9 Å². The second-order valence-electron chi connectivity index (χ2n) is 17.7. The Morgan fingerprint density at radius 3 is 0.985 bits per heavy atom. The Bertz CT molecular complexity index is 1330. The van der Waals surface area contributed by atoms with Gasteiger partial charge in [0.15, 0.2) is 6.10 Å². The Morgan fingerprint density at radius 1 is 0.318 bits per heavy atom. The molecule has 376 valence electrons. The number of ether oxygens (including phenoxy) is 3. The molecule has 0 radical (unpaired) electrons. The van der Waals surface area contributed by atoms with Gasteiger partial charge >= 0.3 is 17.9 Å². The van der Waals surface area contributed by atoms with Gasteiger partial charge in [0.25, 0.3) is 0 Å². The molecule has 66 heavy (non-hydrogen) atoms. The fourth-order valence-electron chi connectivity index (χ4n) is 7.20. The van der Waals surface area contributed by atoms with Crippen molar-refractivity contribution in [2.75, 3.05) is 13.2 Å². The standard InChI is InChI=1S/C60H100O6/c1-4-7-10-13-16-19-22-25-28-29-30-31-33-35-38-41-44-47-50-53-59(62)65-56-57(55-64-58(61)52-49-46-43-40-37-34-27-24-21-18-15-12-9-6-3)66-60(63)54-51-48-45-42-39-36-32-26-23-20-17-14-11-8-5-2/h8,11,16-17,19-20,24-28,30-32,35,38,57H,4-7,9-10,12-15,18,21-23,29,33-34,36-37,39-56H2,1-3H3/b11-8+,19-16+,20-17+,27-24+,28-25+,31-30+,32-26+,38-35+/t57-/m1/s1. The number of allylic oxidation sites excluding steroid dienone is 16. The smallest absolute Gasteiger partial charge is 0.306 e. The van der Waals surface area contributed by atoms with Crippen LogP contribution in [0.3, 0.4) is 0 Å². The van der Waals surface area contributed by atoms with E-state index in [9.17, 15) is 14.4 Å². The van der Waals surface area contributed by atoms with Gasteiger partial charge in [0.05, 0.1) is 0 Å². The maximum atomic E-state index is 12.8. The number of rotatable bonds is 48. The first kappa shape index (κ1) is 62.3. The van der Waals surface area contributed by atoms with E-state index in [-0.39, 0.29) is 31.1 Å². The van der Waals surface area contributed by atoms with Gasteiger partial charge in [0, 0.05) is 19.3 Å². The predicted molar refractivity (Wildman–Crippen MR) is 284 cm³/mol. The van der Waals surface area contributed by atoms with Crippen LogP contribution in [0.1, 0.15) is 245 Å². The zero-order valence-corrected chi connectivity index (χ0v) is 42.9. The fourth-order valence-corrected chi connectivity index (χ4v) is 7.20. The zero-order valence-electron chi connectivity index (χ0n) is 42.9. The Kier molecular flexibility index (Phi) is 50.9. The molecule has 6 heteroatoms. The van der Waals surface area contributed by atoms with E-state index in [0.29, 0.717) is 19.3 Å². The summed E-state index contributed by atoms with van der Waals surface area (Å²) < 4.78 is 16.8. The molecule has 0 amide bonds. The second-order valence-corrected chi connectivity index (χ2v) is 17.7. The highest BCUT2D eigenvalue weighted by molar-refractivity contribution is 5.71. The van der Waals surface area contributed by atoms with Crippen LogP contribution in [0.25, 0.3) is 0 Å². The summed E-state index contributed by atoms with van der Waals surface area (Å²) in [5, 5.41) is 0. The summed E-state index contributed by atoms with van der Waals surface area (Å²) >= 11 is 0. The molecule has 1 atom stereocenters. The second kappa shape index (κ2) is 53.9. The molecule has 0 heterocycles. The van der Waals surface area contributed by atoms with Gasteiger partial charge in [-0.05, 0) is 122 Å². The van der Waals surface area contributed by atoms with Crippen LogP contribution in [0.5, 0.6) is 0 Å². The third-order valence-corrected chi connectivity index (χ3v) is 11.3. The van der Waals surface area contributed by atoms with Gasteiger partial charge < -0.3 is 14.2 Å². The Hall–Kier alpha value is -3.67. The van der Waals surface area contributed by atoms with Crippen molar-refractivity contribution < 1.29 is 28.6 Å². The van der Waals surface area contributed by atoms with E-state index >= 15 is 0 Å². The first-order valence-corrected chi connectivity index (χ1v) is 27.2. The normalized spacial score (nSPS) is 12.8. The topological polar surface area (TPSA) is 78.9 Å². The highest BCUT2D eigenvalue weighted by Gasteiger charge is 2.19. The monoisotopic (exact) mass is 917 g/mol. The maximum Gasteiger partial charge on any atom is 0.306 e. The van der Waals surface area contributed by atoms with Crippen LogP contribution in [0.15, 0.2) is 97.2 Å². The molecule has 0 rings (SSSR count). The van der Waals surface area contributed by atoms with Crippen molar-refractivity contribution in [1.82, 2.24) is 0 Å². The summed E-state index contributed by atoms with van der Waals surface area (Å²) in [5.74, 6) is -0.958. The molecule has 6 nitrogen and oxygen atoms in total. The van der Waals surface area contributed by atoms with Crippen LogP contribution in [0.2, 0.25) is 0 Å². The first-order chi connectivity index (χ1) is 32.5. The average molecular weight is 917 g/mol. The van der Waals surface area contributed by atoms with Crippen LogP contribution in [0.4, 0.5) is 0 Å². The third-order valence-electron chi connectivity index (χ3n) is 11.3. The van der Waals surface area contributed by atoms with Crippen molar-refractivity contribution in [3.63, 3.8) is 0 Å². The predicted octanol–water partition coefficient (Wildman–Crippen LogP) is 18.1. The van der Waals surface area contributed by atoms with Crippen molar-refractivity contribution in [3.05, 3.63) is 97.2 Å². The summed E-state index contributed by atoms with van der Waals surface area (Å²) in [7, 11) is 0. The van der Waals surface area contributed by atoms with E-state index in [1.165, 1.54) is 70.6 Å². The minimum atomic E-state index is -0.804. The molecule has 0 fully saturated rings. The van der Waals surface area contributed by atoms with Crippen LogP contribution < -0.4 is 0 Å². The number of hydrogen-bond donors (Lipinski definition) is 0. The van der Waals surface area contributed by atoms with Gasteiger partial charge in [0.1, 0.15) is 13.2 Å². The molecule has 0 aromatic carbocycles. The van der Waals surface area contributed by atoms with Crippen LogP contribution >= 0.6 is 0 Å². The summed E-state index contributed by atoms with van der Waals surface area (Å²) in [6.45, 7) is 6.44. The van der Waals surface area contributed by atoms with E-state index in [4.69, 9.17) is 14.2 Å². The summed E-state index contributed by atoms with van der Waals surface area (Å²) in [6, 6.07) is 0. The minimum Gasteiger partial charge on any atom is -0.462 e. The summed E-state index contributed by atoms with van der Waals surface area (Å²) in [6.07, 6.45) is 71.0. The molecular weight excluding hydrogens is 817 g/mol. The average Bonchev–Trinajstić information content (AvgIpc) is 3.31. The summed E-state index contributed by atoms with van der Waals surface area (Å²) in [5.41, 5.74) is 0. The lowest BCUT2D eigenvalue weighted by atomic mass is 10.1. The molecule has 0 aliphatic rings. The van der Waals surface area contributed by atoms with Gasteiger partial charge in [-0.25, -0.2) is 0 Å². The van der Waals surface area contributed by atoms with Gasteiger partial charge in [-0.15, -0.1) is 0 Å². The lowest BCUT2D eigenvalue weighted by Crippen LogP contribution is -2.30. The van der Waals surface area contributed by atoms with E-state index in [1.807, 2.05) is 0 Å². The van der Waals surface area contributed by atoms with Crippen molar-refractivity contribution in [2.24, 2.45) is 0 Å². The van der Waals surface area contributed by atoms with Crippen molar-refractivity contribution in [1.29, 1.82) is 0 Å². The van der Waals surface area contributed by atoms with Crippen molar-refractivity contribution in [2.45, 2.75) is 252 Å². The highest BCUT2D eigenvalue weighted by Crippen LogP contribution is 2.13. The molecular formula is C60H100O6. The summed E-state index contributed by atoms with van der Waals surface area (Å²) in [4.78, 5) is 38.1. The number of esters is 3. The molecule has 0 bridgehead atoms. The quantitative estimate of drug-likeness (QED) is 0.0262. The molecule has 0 saturated heterocycles. The number of carbonyl (C=O) groups is 3. The van der Waals surface area contributed by atoms with E-state index in [1.54, 1.807) is 0 Å². The highest BCUT2D eigenvalue weighted by atomic mass is 16.6. The Morgan fingerprint density at radius 2 is 0.591 bits per heavy atom. The van der Waals surface area contributed by atoms with Crippen LogP contribution in [-0.4, -0.2) is 37.2 Å². The Balaban J connectivity index is 4.49. The zero-order chi connectivity index (χ0) is 47.9. The molecule has 0 spiro atoms. The van der Waals surface area contributed by atoms with Crippen molar-refractivity contribution in [3.8, 4) is 0 Å². The number of unbranched alkanes of at least 4 members (excludes halogenated alkanes) is 21. The molecule has 0 aliphatic carbocycles. The number of hydrogen-bond acceptors (Lipinski definition) is 6. The molecule has 0 saturated carbocycles. The molecule has 0 unspecified atom stereocenters. The van der Waals surface area contributed by atoms with Gasteiger partial charge in [-0.2, -0.15) is 0 Å². The first-order valence-electron chi connectivity index (χ1n) is 27.2. The molecule has 0 N–H and O–H groups in total. The van der Waals surface area contributed by atoms with Gasteiger partial charge in [-0.3, -0.25) is 14.4 Å². The fraction of sp³-hybridized carbons (Fsp3) is 0.683. The van der Waals surface area contributed by atoms with E-state index in [2.05, 4.69) is 118 Å². The maximum absolute atomic E-state index is 12.8. The lowest BCUT2D eigenvalue weighted by molar-refractivity contribution is -0.167. The minimum absolute atomic E-state index is 0.100.